The number of aromatic nitrogens is 4. The van der Waals surface area contributed by atoms with Crippen molar-refractivity contribution < 1.29 is 9.13 Å². The van der Waals surface area contributed by atoms with Crippen LogP contribution in [0.3, 0.4) is 0 Å². The maximum atomic E-state index is 14.4. The predicted octanol–water partition coefficient (Wildman–Crippen LogP) is 12.1. The summed E-state index contributed by atoms with van der Waals surface area (Å²) >= 11 is 0. The van der Waals surface area contributed by atoms with Crippen LogP contribution in [0.1, 0.15) is 38.2 Å². The molecule has 3 aromatic heterocycles. The molecule has 0 amide bonds. The zero-order valence-electron chi connectivity index (χ0n) is 29.1. The minimum Gasteiger partial charge on any atom is -0.457 e. The number of para-hydroxylation sites is 1. The number of hydrogen-bond acceptors (Lipinski definition) is 3. The molecule has 0 bridgehead atoms. The third-order valence-electron chi connectivity index (χ3n) is 10.4. The predicted molar refractivity (Wildman–Crippen MR) is 208 cm³/mol. The number of rotatable bonds is 7. The van der Waals surface area contributed by atoms with Gasteiger partial charge >= 0.3 is 0 Å². The van der Waals surface area contributed by atoms with E-state index < -0.39 is 0 Å². The molecule has 3 heterocycles. The van der Waals surface area contributed by atoms with Crippen molar-refractivity contribution >= 4 is 21.8 Å². The minimum atomic E-state index is -0.337. The van der Waals surface area contributed by atoms with Gasteiger partial charge in [-0.05, 0) is 62.1 Å². The summed E-state index contributed by atoms with van der Waals surface area (Å²) in [5, 5.41) is 7.53. The molecule has 0 N–H and O–H groups in total. The molecular weight excluding hydrogens is 644 g/mol. The van der Waals surface area contributed by atoms with Crippen molar-refractivity contribution in [2.24, 2.45) is 5.92 Å². The van der Waals surface area contributed by atoms with Crippen LogP contribution in [0.4, 0.5) is 4.39 Å². The van der Waals surface area contributed by atoms with Gasteiger partial charge < -0.3 is 4.74 Å². The van der Waals surface area contributed by atoms with E-state index in [1.807, 2.05) is 47.0 Å². The van der Waals surface area contributed by atoms with Gasteiger partial charge in [-0.1, -0.05) is 104 Å². The van der Waals surface area contributed by atoms with Gasteiger partial charge in [-0.15, -0.1) is 0 Å². The van der Waals surface area contributed by atoms with E-state index in [1.165, 1.54) is 29.5 Å². The summed E-state index contributed by atoms with van der Waals surface area (Å²) in [4.78, 5) is 4.52. The first-order chi connectivity index (χ1) is 25.5. The Labute approximate surface area is 302 Å². The number of fused-ring (bicyclic) bond motifs is 3. The summed E-state index contributed by atoms with van der Waals surface area (Å²) in [7, 11) is 0. The van der Waals surface area contributed by atoms with Gasteiger partial charge in [0.1, 0.15) is 23.1 Å². The lowest BCUT2D eigenvalue weighted by atomic mass is 9.74. The quantitative estimate of drug-likeness (QED) is 0.157. The van der Waals surface area contributed by atoms with E-state index in [-0.39, 0.29) is 11.7 Å². The Balaban J connectivity index is 1.19. The van der Waals surface area contributed by atoms with Crippen LogP contribution in [0.5, 0.6) is 11.5 Å². The monoisotopic (exact) mass is 680 g/mol. The van der Waals surface area contributed by atoms with E-state index >= 15 is 0 Å². The summed E-state index contributed by atoms with van der Waals surface area (Å²) in [6.07, 6.45) is 6.14. The highest BCUT2D eigenvalue weighted by molar-refractivity contribution is 6.09. The van der Waals surface area contributed by atoms with Crippen LogP contribution >= 0.6 is 0 Å². The van der Waals surface area contributed by atoms with Crippen LogP contribution in [-0.2, 0) is 0 Å². The normalized spacial score (nSPS) is 15.9. The number of nitrogens with zero attached hydrogens (tertiary/aromatic N) is 4. The molecule has 1 unspecified atom stereocenters. The number of allylic oxidation sites excluding steroid dienone is 2. The largest absolute Gasteiger partial charge is 0.457 e. The number of halogens is 1. The zero-order valence-corrected chi connectivity index (χ0v) is 29.1. The van der Waals surface area contributed by atoms with E-state index in [0.29, 0.717) is 23.2 Å². The maximum Gasteiger partial charge on any atom is 0.140 e. The Morgan fingerprint density at radius 2 is 1.44 bits per heavy atom. The third kappa shape index (κ3) is 5.57. The van der Waals surface area contributed by atoms with Gasteiger partial charge in [-0.2, -0.15) is 5.10 Å². The van der Waals surface area contributed by atoms with Crippen LogP contribution in [0, 0.1) is 11.7 Å². The average Bonchev–Trinajstić information content (AvgIpc) is 3.72. The molecule has 52 heavy (non-hydrogen) atoms. The highest BCUT2D eigenvalue weighted by atomic mass is 19.1. The van der Waals surface area contributed by atoms with Crippen LogP contribution in [-0.4, -0.2) is 19.3 Å². The van der Waals surface area contributed by atoms with Crippen molar-refractivity contribution in [2.75, 3.05) is 0 Å². The Morgan fingerprint density at radius 1 is 0.712 bits per heavy atom. The Kier molecular flexibility index (Phi) is 8.00. The van der Waals surface area contributed by atoms with Gasteiger partial charge in [-0.25, -0.2) is 14.1 Å². The minimum absolute atomic E-state index is 0.235. The topological polar surface area (TPSA) is 44.9 Å². The molecule has 8 aromatic rings. The second-order valence-electron chi connectivity index (χ2n) is 13.7. The first-order valence-electron chi connectivity index (χ1n) is 17.9. The molecule has 9 rings (SSSR count). The lowest BCUT2D eigenvalue weighted by Crippen LogP contribution is -2.16. The molecule has 0 radical (unpaired) electrons. The van der Waals surface area contributed by atoms with Crippen molar-refractivity contribution in [3.05, 3.63) is 169 Å². The van der Waals surface area contributed by atoms with Gasteiger partial charge in [-0.3, -0.25) is 4.57 Å². The molecule has 0 fully saturated rings. The molecule has 0 aliphatic heterocycles. The third-order valence-corrected chi connectivity index (χ3v) is 10.4. The molecular formula is C46H37FN4O. The summed E-state index contributed by atoms with van der Waals surface area (Å²) in [6, 6.07) is 46.3. The molecule has 2 atom stereocenters. The van der Waals surface area contributed by atoms with Gasteiger partial charge in [0.05, 0.1) is 28.1 Å². The first-order valence-corrected chi connectivity index (χ1v) is 17.9. The maximum absolute atomic E-state index is 14.4. The Morgan fingerprint density at radius 3 is 2.23 bits per heavy atom. The molecule has 5 aromatic carbocycles. The smallest absolute Gasteiger partial charge is 0.140 e. The second-order valence-corrected chi connectivity index (χ2v) is 13.7. The summed E-state index contributed by atoms with van der Waals surface area (Å²) < 4.78 is 25.1. The van der Waals surface area contributed by atoms with Gasteiger partial charge in [0, 0.05) is 57.8 Å². The van der Waals surface area contributed by atoms with Crippen molar-refractivity contribution in [1.82, 2.24) is 19.3 Å². The van der Waals surface area contributed by atoms with Gasteiger partial charge in [0.25, 0.3) is 0 Å². The highest BCUT2D eigenvalue weighted by Gasteiger charge is 2.33. The van der Waals surface area contributed by atoms with E-state index in [1.54, 1.807) is 0 Å². The number of pyridine rings is 1. The van der Waals surface area contributed by atoms with Crippen LogP contribution in [0.2, 0.25) is 0 Å². The fourth-order valence-corrected chi connectivity index (χ4v) is 8.01. The molecule has 1 aliphatic carbocycles. The van der Waals surface area contributed by atoms with Crippen molar-refractivity contribution in [3.8, 4) is 45.5 Å². The van der Waals surface area contributed by atoms with Crippen molar-refractivity contribution in [2.45, 2.75) is 32.6 Å². The Bertz CT molecular complexity index is 2600. The SMILES string of the molecule is CC1=CCC[C@H](C)C1c1c(-c2ccccc2)nn(-c2cccc(Oc3ccc4c5ccccc5n(-c5cc(F)ccn5)c4c3)c2)c1-c1ccccc1. The fourth-order valence-electron chi connectivity index (χ4n) is 8.01. The summed E-state index contributed by atoms with van der Waals surface area (Å²) in [6.45, 7) is 4.65. The lowest BCUT2D eigenvalue weighted by molar-refractivity contribution is 0.451. The molecule has 1 aliphatic rings. The molecule has 254 valence electrons. The molecule has 0 saturated heterocycles. The van der Waals surface area contributed by atoms with E-state index in [9.17, 15) is 4.39 Å². The van der Waals surface area contributed by atoms with E-state index in [0.717, 1.165) is 62.8 Å². The van der Waals surface area contributed by atoms with E-state index in [2.05, 4.69) is 115 Å². The van der Waals surface area contributed by atoms with Crippen LogP contribution in [0.25, 0.3) is 55.8 Å². The van der Waals surface area contributed by atoms with Crippen LogP contribution < -0.4 is 4.74 Å². The molecule has 5 nitrogen and oxygen atoms in total. The highest BCUT2D eigenvalue weighted by Crippen LogP contribution is 2.47. The first kappa shape index (κ1) is 31.7. The standard InChI is InChI=1S/C46H37FN4O/c1-30-13-11-14-31(2)43(30)44-45(32-15-5-3-6-16-32)49-51(46(44)33-17-7-4-8-18-33)35-19-12-20-36(28-35)52-37-23-24-39-38-21-9-10-22-40(38)50(41(39)29-37)42-27-34(47)25-26-48-42/h3-10,12-13,15-29,31,43H,11,14H2,1-2H3/t31-,43?/m0/s1. The average molecular weight is 681 g/mol. The lowest BCUT2D eigenvalue weighted by Gasteiger charge is -2.30. The van der Waals surface area contributed by atoms with Crippen LogP contribution in [0.15, 0.2) is 157 Å². The number of hydrogen-bond donors (Lipinski definition) is 0. The fraction of sp³-hybridized carbons (Fsp3) is 0.130. The zero-order chi connectivity index (χ0) is 35.2. The van der Waals surface area contributed by atoms with Crippen molar-refractivity contribution in [3.63, 3.8) is 0 Å². The Hall–Kier alpha value is -6.27. The van der Waals surface area contributed by atoms with E-state index in [4.69, 9.17) is 9.84 Å². The number of benzene rings is 5. The molecule has 6 heteroatoms. The summed E-state index contributed by atoms with van der Waals surface area (Å²) in [5.74, 6) is 2.23. The van der Waals surface area contributed by atoms with Gasteiger partial charge in [0.15, 0.2) is 0 Å². The van der Waals surface area contributed by atoms with Gasteiger partial charge in [0.2, 0.25) is 0 Å². The molecule has 0 spiro atoms. The molecule has 0 saturated carbocycles. The van der Waals surface area contributed by atoms with Crippen molar-refractivity contribution in [1.29, 1.82) is 0 Å². The second kappa shape index (κ2) is 13.1. The summed E-state index contributed by atoms with van der Waals surface area (Å²) in [5.41, 5.74) is 9.70. The number of ether oxygens (including phenoxy) is 1.